The molecule has 0 amide bonds. The SMILES string of the molecule is Cc1ccccc1-c1c(C)c2c(c3ccccc13)c1ccccc1n2-c1cc(-c2ccccc2)c2nccc(-c3ccccc3)c2c1C. The average Bonchev–Trinajstić information content (AvgIpc) is 3.49. The summed E-state index contributed by atoms with van der Waals surface area (Å²) in [6.45, 7) is 6.82. The van der Waals surface area contributed by atoms with Gasteiger partial charge in [0.25, 0.3) is 0 Å². The Hall–Kier alpha value is -5.99. The van der Waals surface area contributed by atoms with Crippen molar-refractivity contribution in [1.82, 2.24) is 9.55 Å². The molecule has 228 valence electrons. The van der Waals surface area contributed by atoms with Crippen LogP contribution in [0, 0.1) is 20.8 Å². The molecule has 0 aliphatic rings. The van der Waals surface area contributed by atoms with E-state index < -0.39 is 0 Å². The highest BCUT2D eigenvalue weighted by atomic mass is 15.0. The highest BCUT2D eigenvalue weighted by Gasteiger charge is 2.24. The maximum Gasteiger partial charge on any atom is 0.0790 e. The van der Waals surface area contributed by atoms with Crippen molar-refractivity contribution in [3.8, 4) is 39.1 Å². The number of pyridine rings is 1. The summed E-state index contributed by atoms with van der Waals surface area (Å²) in [7, 11) is 0. The second-order valence-corrected chi connectivity index (χ2v) is 12.8. The molecule has 0 unspecified atom stereocenters. The lowest BCUT2D eigenvalue weighted by Crippen LogP contribution is -2.03. The Labute approximate surface area is 280 Å². The van der Waals surface area contributed by atoms with E-state index in [4.69, 9.17) is 4.98 Å². The summed E-state index contributed by atoms with van der Waals surface area (Å²) >= 11 is 0. The summed E-state index contributed by atoms with van der Waals surface area (Å²) in [6.07, 6.45) is 1.96. The molecule has 2 nitrogen and oxygen atoms in total. The molecule has 0 bridgehead atoms. The quantitative estimate of drug-likeness (QED) is 0.193. The number of rotatable bonds is 4. The minimum absolute atomic E-state index is 1.02. The number of hydrogen-bond acceptors (Lipinski definition) is 1. The van der Waals surface area contributed by atoms with Crippen molar-refractivity contribution >= 4 is 43.5 Å². The van der Waals surface area contributed by atoms with Crippen LogP contribution in [0.5, 0.6) is 0 Å². The van der Waals surface area contributed by atoms with Crippen LogP contribution in [0.25, 0.3) is 82.5 Å². The molecular weight excluding hydrogens is 581 g/mol. The van der Waals surface area contributed by atoms with E-state index in [1.165, 1.54) is 82.6 Å². The fourth-order valence-corrected chi connectivity index (χ4v) is 7.97. The van der Waals surface area contributed by atoms with E-state index in [9.17, 15) is 0 Å². The Bertz CT molecular complexity index is 2680. The molecule has 0 radical (unpaired) electrons. The Morgan fingerprint density at radius 3 is 1.81 bits per heavy atom. The van der Waals surface area contributed by atoms with E-state index in [-0.39, 0.29) is 0 Å². The lowest BCUT2D eigenvalue weighted by atomic mass is 9.88. The first-order chi connectivity index (χ1) is 23.6. The number of para-hydroxylation sites is 1. The van der Waals surface area contributed by atoms with Crippen molar-refractivity contribution in [1.29, 1.82) is 0 Å². The van der Waals surface area contributed by atoms with Crippen LogP contribution in [0.3, 0.4) is 0 Å². The molecule has 2 heteroatoms. The Kier molecular flexibility index (Phi) is 6.51. The maximum absolute atomic E-state index is 5.06. The van der Waals surface area contributed by atoms with Gasteiger partial charge in [0.15, 0.2) is 0 Å². The largest absolute Gasteiger partial charge is 0.309 e. The normalized spacial score (nSPS) is 11.6. The van der Waals surface area contributed by atoms with Gasteiger partial charge in [0.05, 0.1) is 22.2 Å². The van der Waals surface area contributed by atoms with Gasteiger partial charge in [-0.3, -0.25) is 4.98 Å². The van der Waals surface area contributed by atoms with E-state index in [1.807, 2.05) is 6.20 Å². The molecule has 0 atom stereocenters. The van der Waals surface area contributed by atoms with Crippen LogP contribution in [0.4, 0.5) is 0 Å². The lowest BCUT2D eigenvalue weighted by Gasteiger charge is -2.21. The van der Waals surface area contributed by atoms with Crippen molar-refractivity contribution in [2.75, 3.05) is 0 Å². The number of nitrogens with zero attached hydrogens (tertiary/aromatic N) is 2. The second-order valence-electron chi connectivity index (χ2n) is 12.8. The number of hydrogen-bond donors (Lipinski definition) is 0. The molecule has 0 fully saturated rings. The zero-order valence-corrected chi connectivity index (χ0v) is 27.3. The fourth-order valence-electron chi connectivity index (χ4n) is 7.97. The van der Waals surface area contributed by atoms with Crippen LogP contribution >= 0.6 is 0 Å². The van der Waals surface area contributed by atoms with Gasteiger partial charge in [0.2, 0.25) is 0 Å². The van der Waals surface area contributed by atoms with Crippen molar-refractivity contribution in [3.05, 3.63) is 168 Å². The molecule has 9 rings (SSSR count). The second kappa shape index (κ2) is 11.1. The van der Waals surface area contributed by atoms with Gasteiger partial charge in [-0.2, -0.15) is 0 Å². The zero-order valence-electron chi connectivity index (χ0n) is 27.3. The highest BCUT2D eigenvalue weighted by Crippen LogP contribution is 2.47. The Morgan fingerprint density at radius 1 is 0.479 bits per heavy atom. The van der Waals surface area contributed by atoms with Gasteiger partial charge < -0.3 is 4.57 Å². The number of benzene rings is 7. The van der Waals surface area contributed by atoms with Crippen LogP contribution in [0.15, 0.2) is 152 Å². The van der Waals surface area contributed by atoms with Crippen LogP contribution in [-0.4, -0.2) is 9.55 Å². The van der Waals surface area contributed by atoms with Crippen molar-refractivity contribution in [3.63, 3.8) is 0 Å². The highest BCUT2D eigenvalue weighted by molar-refractivity contribution is 6.26. The molecule has 0 saturated heterocycles. The molecular formula is C46H34N2. The number of aromatic nitrogens is 2. The molecule has 48 heavy (non-hydrogen) atoms. The first-order valence-corrected chi connectivity index (χ1v) is 16.7. The van der Waals surface area contributed by atoms with Gasteiger partial charge in [-0.1, -0.05) is 127 Å². The summed E-state index contributed by atoms with van der Waals surface area (Å²) in [5, 5.41) is 6.31. The predicted octanol–water partition coefficient (Wildman–Crippen LogP) is 12.4. The smallest absolute Gasteiger partial charge is 0.0790 e. The molecule has 9 aromatic rings. The van der Waals surface area contributed by atoms with Crippen molar-refractivity contribution in [2.24, 2.45) is 0 Å². The molecule has 0 N–H and O–H groups in total. The molecule has 0 spiro atoms. The van der Waals surface area contributed by atoms with Gasteiger partial charge in [0, 0.05) is 27.9 Å². The van der Waals surface area contributed by atoms with E-state index in [0.717, 1.165) is 16.6 Å². The predicted molar refractivity (Wildman–Crippen MR) is 204 cm³/mol. The Balaban J connectivity index is 1.51. The Morgan fingerprint density at radius 2 is 1.08 bits per heavy atom. The third kappa shape index (κ3) is 4.16. The van der Waals surface area contributed by atoms with Gasteiger partial charge in [0.1, 0.15) is 0 Å². The van der Waals surface area contributed by atoms with E-state index in [0.29, 0.717) is 0 Å². The van der Waals surface area contributed by atoms with Gasteiger partial charge >= 0.3 is 0 Å². The first-order valence-electron chi connectivity index (χ1n) is 16.7. The fraction of sp³-hybridized carbons (Fsp3) is 0.0652. The summed E-state index contributed by atoms with van der Waals surface area (Å²) in [6, 6.07) is 52.6. The standard InChI is InChI=1S/C46H34N2/c1-29-16-10-11-21-34(29)42-31(3)46-44(37-23-13-12-22-36(37)42)38-24-14-15-25-40(38)48(46)41-28-39(33-19-8-5-9-20-33)45-43(30(41)2)35(26-27-47-45)32-17-6-4-7-18-32/h4-28H,1-3H3. The molecule has 0 saturated carbocycles. The van der Waals surface area contributed by atoms with Gasteiger partial charge in [-0.15, -0.1) is 0 Å². The van der Waals surface area contributed by atoms with Gasteiger partial charge in [-0.25, -0.2) is 0 Å². The van der Waals surface area contributed by atoms with E-state index in [1.54, 1.807) is 0 Å². The van der Waals surface area contributed by atoms with E-state index in [2.05, 4.69) is 171 Å². The monoisotopic (exact) mass is 614 g/mol. The van der Waals surface area contributed by atoms with Crippen LogP contribution in [0.2, 0.25) is 0 Å². The third-order valence-corrected chi connectivity index (χ3v) is 10.1. The van der Waals surface area contributed by atoms with Crippen LogP contribution in [0.1, 0.15) is 16.7 Å². The van der Waals surface area contributed by atoms with Crippen molar-refractivity contribution < 1.29 is 0 Å². The summed E-state index contributed by atoms with van der Waals surface area (Å²) < 4.78 is 2.54. The molecule has 2 aromatic heterocycles. The minimum Gasteiger partial charge on any atom is -0.309 e. The summed E-state index contributed by atoms with van der Waals surface area (Å²) in [5.74, 6) is 0. The van der Waals surface area contributed by atoms with Gasteiger partial charge in [-0.05, 0) is 94.3 Å². The maximum atomic E-state index is 5.06. The van der Waals surface area contributed by atoms with Crippen LogP contribution in [-0.2, 0) is 0 Å². The topological polar surface area (TPSA) is 17.8 Å². The number of aryl methyl sites for hydroxylation is 3. The van der Waals surface area contributed by atoms with E-state index >= 15 is 0 Å². The lowest BCUT2D eigenvalue weighted by molar-refractivity contribution is 1.15. The molecule has 2 heterocycles. The van der Waals surface area contributed by atoms with Crippen LogP contribution < -0.4 is 0 Å². The first kappa shape index (κ1) is 28.3. The molecule has 0 aliphatic heterocycles. The van der Waals surface area contributed by atoms with Crippen molar-refractivity contribution in [2.45, 2.75) is 20.8 Å². The minimum atomic E-state index is 1.02. The summed E-state index contributed by atoms with van der Waals surface area (Å²) in [4.78, 5) is 5.06. The molecule has 0 aliphatic carbocycles. The average molecular weight is 615 g/mol. The molecule has 7 aromatic carbocycles. The summed E-state index contributed by atoms with van der Waals surface area (Å²) in [5.41, 5.74) is 15.7. The third-order valence-electron chi connectivity index (χ3n) is 10.1. The zero-order chi connectivity index (χ0) is 32.4. The number of fused-ring (bicyclic) bond motifs is 6.